The van der Waals surface area contributed by atoms with Gasteiger partial charge in [0.05, 0.1) is 0 Å². The van der Waals surface area contributed by atoms with Gasteiger partial charge in [-0.2, -0.15) is 0 Å². The highest BCUT2D eigenvalue weighted by atomic mass is 16.1. The minimum absolute atomic E-state index is 0.193. The van der Waals surface area contributed by atoms with E-state index in [-0.39, 0.29) is 11.8 Å². The van der Waals surface area contributed by atoms with Gasteiger partial charge in [-0.15, -0.1) is 0 Å². The first kappa shape index (κ1) is 16.7. The maximum absolute atomic E-state index is 12.5. The van der Waals surface area contributed by atoms with E-state index in [1.165, 1.54) is 24.8 Å². The molecular formula is C22H25NO. The maximum Gasteiger partial charge on any atom is 0.157 e. The van der Waals surface area contributed by atoms with Gasteiger partial charge in [0.2, 0.25) is 0 Å². The first-order valence-corrected chi connectivity index (χ1v) is 8.88. The summed E-state index contributed by atoms with van der Waals surface area (Å²) in [4.78, 5) is 15.0. The van der Waals surface area contributed by atoms with E-state index >= 15 is 0 Å². The molecule has 1 heterocycles. The van der Waals surface area contributed by atoms with Gasteiger partial charge in [0.15, 0.2) is 5.78 Å². The van der Waals surface area contributed by atoms with Crippen molar-refractivity contribution < 1.29 is 4.79 Å². The van der Waals surface area contributed by atoms with E-state index in [2.05, 4.69) is 29.2 Å². The number of nitrogens with zero attached hydrogens (tertiary/aromatic N) is 1. The molecule has 124 valence electrons. The smallest absolute Gasteiger partial charge is 0.157 e. The van der Waals surface area contributed by atoms with Crippen LogP contribution in [0.4, 0.5) is 0 Å². The summed E-state index contributed by atoms with van der Waals surface area (Å²) >= 11 is 0. The van der Waals surface area contributed by atoms with Gasteiger partial charge >= 0.3 is 0 Å². The first-order chi connectivity index (χ1) is 11.8. The number of hydrogen-bond acceptors (Lipinski definition) is 2. The average Bonchev–Trinajstić information content (AvgIpc) is 2.67. The summed E-state index contributed by atoms with van der Waals surface area (Å²) in [5.41, 5.74) is 2.32. The number of carbonyl (C=O) groups excluding carboxylic acids is 1. The molecule has 1 saturated heterocycles. The summed E-state index contributed by atoms with van der Waals surface area (Å²) in [5.74, 6) is 0.193. The van der Waals surface area contributed by atoms with Crippen LogP contribution in [0.1, 0.15) is 42.9 Å². The number of benzene rings is 2. The van der Waals surface area contributed by atoms with E-state index in [1.54, 1.807) is 6.08 Å². The number of rotatable bonds is 6. The van der Waals surface area contributed by atoms with Crippen molar-refractivity contribution in [3.8, 4) is 0 Å². The minimum Gasteiger partial charge on any atom is -0.296 e. The number of ketones is 1. The molecule has 0 spiro atoms. The number of likely N-dealkylation sites (tertiary alicyclic amines) is 1. The third kappa shape index (κ3) is 4.65. The van der Waals surface area contributed by atoms with Crippen LogP contribution in [0, 0.1) is 0 Å². The van der Waals surface area contributed by atoms with Gasteiger partial charge in [-0.3, -0.25) is 9.69 Å². The Morgan fingerprint density at radius 1 is 0.917 bits per heavy atom. The van der Waals surface area contributed by atoms with Crippen LogP contribution in [0.2, 0.25) is 0 Å². The van der Waals surface area contributed by atoms with Crippen molar-refractivity contribution in [1.82, 2.24) is 4.90 Å². The molecule has 1 aliphatic heterocycles. The molecule has 0 aliphatic carbocycles. The molecule has 1 aliphatic rings. The standard InChI is InChI=1S/C22H25NO/c24-21(15-14-19-10-4-1-5-11-19)18-22(20-12-6-2-7-13-20)23-16-8-3-9-17-23/h1-2,4-7,10-15,22H,3,8-9,16-18H2. The minimum atomic E-state index is 0.193. The molecule has 2 aromatic rings. The van der Waals surface area contributed by atoms with Gasteiger partial charge < -0.3 is 0 Å². The molecule has 24 heavy (non-hydrogen) atoms. The molecular weight excluding hydrogens is 294 g/mol. The van der Waals surface area contributed by atoms with E-state index in [9.17, 15) is 4.79 Å². The molecule has 1 atom stereocenters. The fourth-order valence-electron chi connectivity index (χ4n) is 3.37. The maximum atomic E-state index is 12.5. The van der Waals surface area contributed by atoms with E-state index in [0.29, 0.717) is 6.42 Å². The average molecular weight is 319 g/mol. The van der Waals surface area contributed by atoms with Crippen LogP contribution in [0.15, 0.2) is 66.7 Å². The molecule has 0 bridgehead atoms. The van der Waals surface area contributed by atoms with Crippen LogP contribution in [-0.2, 0) is 4.79 Å². The second-order valence-corrected chi connectivity index (χ2v) is 6.44. The van der Waals surface area contributed by atoms with Crippen LogP contribution in [-0.4, -0.2) is 23.8 Å². The molecule has 0 radical (unpaired) electrons. The summed E-state index contributed by atoms with van der Waals surface area (Å²) in [6, 6.07) is 20.7. The molecule has 0 saturated carbocycles. The van der Waals surface area contributed by atoms with E-state index in [1.807, 2.05) is 42.5 Å². The van der Waals surface area contributed by atoms with Crippen LogP contribution in [0.3, 0.4) is 0 Å². The fraction of sp³-hybridized carbons (Fsp3) is 0.318. The Morgan fingerprint density at radius 3 is 2.21 bits per heavy atom. The highest BCUT2D eigenvalue weighted by Gasteiger charge is 2.23. The monoisotopic (exact) mass is 319 g/mol. The zero-order chi connectivity index (χ0) is 16.6. The van der Waals surface area contributed by atoms with Crippen molar-refractivity contribution in [3.05, 3.63) is 77.9 Å². The predicted molar refractivity (Wildman–Crippen MR) is 99.7 cm³/mol. The van der Waals surface area contributed by atoms with E-state index in [4.69, 9.17) is 0 Å². The molecule has 0 amide bonds. The number of carbonyl (C=O) groups is 1. The summed E-state index contributed by atoms with van der Waals surface area (Å²) in [7, 11) is 0. The van der Waals surface area contributed by atoms with Crippen LogP contribution >= 0.6 is 0 Å². The molecule has 2 aromatic carbocycles. The van der Waals surface area contributed by atoms with Gasteiger partial charge in [0.25, 0.3) is 0 Å². The zero-order valence-corrected chi connectivity index (χ0v) is 14.1. The second kappa shape index (κ2) is 8.60. The van der Waals surface area contributed by atoms with E-state index in [0.717, 1.165) is 18.7 Å². The SMILES string of the molecule is O=C(C=Cc1ccccc1)CC(c1ccccc1)N1CCCCC1. The van der Waals surface area contributed by atoms with E-state index < -0.39 is 0 Å². The normalized spacial score (nSPS) is 17.0. The molecule has 1 fully saturated rings. The number of piperidine rings is 1. The van der Waals surface area contributed by atoms with Gasteiger partial charge in [-0.1, -0.05) is 73.2 Å². The highest BCUT2D eigenvalue weighted by molar-refractivity contribution is 5.94. The Labute approximate surface area is 144 Å². The highest BCUT2D eigenvalue weighted by Crippen LogP contribution is 2.28. The quantitative estimate of drug-likeness (QED) is 0.707. The third-order valence-corrected chi connectivity index (χ3v) is 4.67. The second-order valence-electron chi connectivity index (χ2n) is 6.44. The third-order valence-electron chi connectivity index (χ3n) is 4.67. The summed E-state index contributed by atoms with van der Waals surface area (Å²) in [6.07, 6.45) is 7.97. The van der Waals surface area contributed by atoms with Crippen LogP contribution in [0.25, 0.3) is 6.08 Å². The summed E-state index contributed by atoms with van der Waals surface area (Å²) < 4.78 is 0. The van der Waals surface area contributed by atoms with Crippen LogP contribution < -0.4 is 0 Å². The van der Waals surface area contributed by atoms with Gasteiger partial charge in [-0.25, -0.2) is 0 Å². The Kier molecular flexibility index (Phi) is 5.97. The summed E-state index contributed by atoms with van der Waals surface area (Å²) in [5, 5.41) is 0. The molecule has 3 rings (SSSR count). The Hall–Kier alpha value is -2.19. The lowest BCUT2D eigenvalue weighted by molar-refractivity contribution is -0.115. The summed E-state index contributed by atoms with van der Waals surface area (Å²) in [6.45, 7) is 2.19. The number of hydrogen-bond donors (Lipinski definition) is 0. The van der Waals surface area contributed by atoms with Crippen molar-refractivity contribution in [2.24, 2.45) is 0 Å². The van der Waals surface area contributed by atoms with Crippen molar-refractivity contribution in [2.45, 2.75) is 31.7 Å². The van der Waals surface area contributed by atoms with Gasteiger partial charge in [0.1, 0.15) is 0 Å². The fourth-order valence-corrected chi connectivity index (χ4v) is 3.37. The molecule has 2 nitrogen and oxygen atoms in total. The Morgan fingerprint density at radius 2 is 1.54 bits per heavy atom. The van der Waals surface area contributed by atoms with Crippen molar-refractivity contribution in [2.75, 3.05) is 13.1 Å². The zero-order valence-electron chi connectivity index (χ0n) is 14.1. The largest absolute Gasteiger partial charge is 0.296 e. The molecule has 2 heteroatoms. The number of allylic oxidation sites excluding steroid dienone is 1. The lowest BCUT2D eigenvalue weighted by Gasteiger charge is -2.34. The lowest BCUT2D eigenvalue weighted by atomic mass is 9.97. The van der Waals surface area contributed by atoms with Crippen molar-refractivity contribution >= 4 is 11.9 Å². The molecule has 0 N–H and O–H groups in total. The lowest BCUT2D eigenvalue weighted by Crippen LogP contribution is -2.34. The molecule has 0 aromatic heterocycles. The van der Waals surface area contributed by atoms with Crippen molar-refractivity contribution in [1.29, 1.82) is 0 Å². The molecule has 1 unspecified atom stereocenters. The van der Waals surface area contributed by atoms with Gasteiger partial charge in [-0.05, 0) is 43.1 Å². The first-order valence-electron chi connectivity index (χ1n) is 8.88. The topological polar surface area (TPSA) is 20.3 Å². The Bertz CT molecular complexity index is 657. The van der Waals surface area contributed by atoms with Crippen LogP contribution in [0.5, 0.6) is 0 Å². The van der Waals surface area contributed by atoms with Crippen molar-refractivity contribution in [3.63, 3.8) is 0 Å². The Balaban J connectivity index is 1.71. The predicted octanol–water partition coefficient (Wildman–Crippen LogP) is 4.89. The van der Waals surface area contributed by atoms with Gasteiger partial charge in [0, 0.05) is 12.5 Å².